The van der Waals surface area contributed by atoms with Crippen molar-refractivity contribution in [2.45, 2.75) is 25.9 Å². The molecule has 0 saturated carbocycles. The molecule has 1 aromatic heterocycles. The second-order valence-corrected chi connectivity index (χ2v) is 9.74. The van der Waals surface area contributed by atoms with E-state index in [9.17, 15) is 17.6 Å². The molecule has 4 rings (SSSR count). The number of rotatable bonds is 5. The normalized spacial score (nSPS) is 17.7. The van der Waals surface area contributed by atoms with Crippen LogP contribution in [0.4, 0.5) is 4.39 Å². The van der Waals surface area contributed by atoms with Crippen LogP contribution in [0, 0.1) is 12.7 Å². The van der Waals surface area contributed by atoms with Gasteiger partial charge in [0, 0.05) is 24.2 Å². The van der Waals surface area contributed by atoms with E-state index in [2.05, 4.69) is 5.16 Å². The van der Waals surface area contributed by atoms with Crippen LogP contribution in [0.25, 0.3) is 11.3 Å². The van der Waals surface area contributed by atoms with Crippen LogP contribution in [-0.4, -0.2) is 41.9 Å². The van der Waals surface area contributed by atoms with Gasteiger partial charge < -0.3 is 9.42 Å². The number of sulfone groups is 1. The van der Waals surface area contributed by atoms with Crippen LogP contribution in [0.1, 0.15) is 28.0 Å². The first-order chi connectivity index (χ1) is 14.3. The molecule has 0 radical (unpaired) electrons. The van der Waals surface area contributed by atoms with E-state index in [1.807, 2.05) is 30.3 Å². The number of carbonyl (C=O) groups is 1. The van der Waals surface area contributed by atoms with Crippen LogP contribution in [0.2, 0.25) is 0 Å². The molecular weight excluding hydrogens is 407 g/mol. The van der Waals surface area contributed by atoms with Gasteiger partial charge in [0.05, 0.1) is 11.5 Å². The number of carbonyl (C=O) groups excluding carboxylic acids is 1. The molecule has 30 heavy (non-hydrogen) atoms. The van der Waals surface area contributed by atoms with E-state index >= 15 is 0 Å². The third-order valence-corrected chi connectivity index (χ3v) is 7.04. The first-order valence-corrected chi connectivity index (χ1v) is 11.4. The lowest BCUT2D eigenvalue weighted by Gasteiger charge is -2.27. The summed E-state index contributed by atoms with van der Waals surface area (Å²) < 4.78 is 43.2. The topological polar surface area (TPSA) is 80.5 Å². The monoisotopic (exact) mass is 428 g/mol. The third kappa shape index (κ3) is 4.28. The van der Waals surface area contributed by atoms with Gasteiger partial charge in [0.1, 0.15) is 5.82 Å². The molecule has 2 aromatic carbocycles. The molecule has 0 spiro atoms. The summed E-state index contributed by atoms with van der Waals surface area (Å²) in [4.78, 5) is 14.8. The van der Waals surface area contributed by atoms with Gasteiger partial charge in [-0.3, -0.25) is 4.79 Å². The fraction of sp³-hybridized carbons (Fsp3) is 0.273. The summed E-state index contributed by atoms with van der Waals surface area (Å²) in [6.07, 6.45) is 0.384. The number of halogens is 1. The Bertz CT molecular complexity index is 1170. The minimum absolute atomic E-state index is 0.0585. The van der Waals surface area contributed by atoms with Gasteiger partial charge in [-0.25, -0.2) is 12.8 Å². The highest BCUT2D eigenvalue weighted by molar-refractivity contribution is 7.91. The molecule has 0 bridgehead atoms. The van der Waals surface area contributed by atoms with Gasteiger partial charge in [0.25, 0.3) is 5.91 Å². The van der Waals surface area contributed by atoms with E-state index in [-0.39, 0.29) is 35.3 Å². The maximum absolute atomic E-state index is 13.9. The molecule has 0 N–H and O–H groups in total. The number of aromatic nitrogens is 1. The van der Waals surface area contributed by atoms with Crippen LogP contribution in [0.15, 0.2) is 59.1 Å². The Morgan fingerprint density at radius 3 is 2.63 bits per heavy atom. The zero-order chi connectivity index (χ0) is 21.3. The van der Waals surface area contributed by atoms with Crippen molar-refractivity contribution in [2.75, 3.05) is 11.5 Å². The smallest absolute Gasteiger partial charge is 0.276 e. The Kier molecular flexibility index (Phi) is 5.42. The molecule has 0 aliphatic carbocycles. The summed E-state index contributed by atoms with van der Waals surface area (Å²) in [5.41, 5.74) is 1.93. The summed E-state index contributed by atoms with van der Waals surface area (Å²) >= 11 is 0. The third-order valence-electron chi connectivity index (χ3n) is 5.29. The molecule has 1 fully saturated rings. The number of amides is 1. The summed E-state index contributed by atoms with van der Waals surface area (Å²) in [7, 11) is -3.17. The first-order valence-electron chi connectivity index (χ1n) is 9.61. The van der Waals surface area contributed by atoms with Crippen molar-refractivity contribution < 1.29 is 22.1 Å². The summed E-state index contributed by atoms with van der Waals surface area (Å²) in [6, 6.07) is 15.1. The second kappa shape index (κ2) is 8.02. The number of nitrogens with zero attached hydrogens (tertiary/aromatic N) is 2. The van der Waals surface area contributed by atoms with Gasteiger partial charge in [-0.2, -0.15) is 0 Å². The van der Waals surface area contributed by atoms with Gasteiger partial charge in [0.15, 0.2) is 21.3 Å². The van der Waals surface area contributed by atoms with E-state index in [0.29, 0.717) is 17.5 Å². The molecule has 8 heteroatoms. The maximum atomic E-state index is 13.9. The molecule has 1 aliphatic heterocycles. The SMILES string of the molecule is Cc1ccc(-c2cc(C(=O)N(Cc3ccccc3)[C@@H]3CCS(=O)(=O)C3)no2)cc1F. The molecular formula is C22H21FN2O4S. The Morgan fingerprint density at radius 1 is 1.20 bits per heavy atom. The van der Waals surface area contributed by atoms with Crippen molar-refractivity contribution in [1.29, 1.82) is 0 Å². The molecule has 1 atom stereocenters. The Balaban J connectivity index is 1.63. The molecule has 2 heterocycles. The van der Waals surface area contributed by atoms with Gasteiger partial charge in [0.2, 0.25) is 0 Å². The van der Waals surface area contributed by atoms with E-state index in [1.165, 1.54) is 17.0 Å². The van der Waals surface area contributed by atoms with Crippen molar-refractivity contribution in [2.24, 2.45) is 0 Å². The Morgan fingerprint density at radius 2 is 1.97 bits per heavy atom. The molecule has 156 valence electrons. The number of hydrogen-bond acceptors (Lipinski definition) is 5. The van der Waals surface area contributed by atoms with Crippen LogP contribution in [-0.2, 0) is 16.4 Å². The number of hydrogen-bond donors (Lipinski definition) is 0. The Labute approximate surface area is 174 Å². The highest BCUT2D eigenvalue weighted by atomic mass is 32.2. The van der Waals surface area contributed by atoms with Crippen molar-refractivity contribution in [3.63, 3.8) is 0 Å². The molecule has 1 amide bonds. The summed E-state index contributed by atoms with van der Waals surface area (Å²) in [5.74, 6) is -0.527. The minimum Gasteiger partial charge on any atom is -0.355 e. The van der Waals surface area contributed by atoms with Crippen LogP contribution in [0.3, 0.4) is 0 Å². The average molecular weight is 428 g/mol. The predicted molar refractivity (Wildman–Crippen MR) is 110 cm³/mol. The van der Waals surface area contributed by atoms with Gasteiger partial charge in [-0.05, 0) is 30.5 Å². The maximum Gasteiger partial charge on any atom is 0.276 e. The lowest BCUT2D eigenvalue weighted by Crippen LogP contribution is -2.40. The number of benzene rings is 2. The van der Waals surface area contributed by atoms with Crippen LogP contribution in [0.5, 0.6) is 0 Å². The summed E-state index contributed by atoms with van der Waals surface area (Å²) in [6.45, 7) is 1.92. The van der Waals surface area contributed by atoms with Crippen molar-refractivity contribution in [3.05, 3.63) is 77.2 Å². The molecule has 0 unspecified atom stereocenters. The van der Waals surface area contributed by atoms with Crippen molar-refractivity contribution >= 4 is 15.7 Å². The lowest BCUT2D eigenvalue weighted by atomic mass is 10.1. The Hall–Kier alpha value is -3.00. The van der Waals surface area contributed by atoms with Gasteiger partial charge in [-0.15, -0.1) is 0 Å². The van der Waals surface area contributed by atoms with E-state index in [4.69, 9.17) is 4.52 Å². The van der Waals surface area contributed by atoms with E-state index in [0.717, 1.165) is 5.56 Å². The molecule has 3 aromatic rings. The molecule has 1 aliphatic rings. The van der Waals surface area contributed by atoms with Crippen LogP contribution >= 0.6 is 0 Å². The quantitative estimate of drug-likeness (QED) is 0.620. The lowest BCUT2D eigenvalue weighted by molar-refractivity contribution is 0.0670. The van der Waals surface area contributed by atoms with Crippen molar-refractivity contribution in [3.8, 4) is 11.3 Å². The largest absolute Gasteiger partial charge is 0.355 e. The van der Waals surface area contributed by atoms with E-state index in [1.54, 1.807) is 19.1 Å². The highest BCUT2D eigenvalue weighted by Crippen LogP contribution is 2.26. The first kappa shape index (κ1) is 20.3. The standard InChI is InChI=1S/C22H21FN2O4S/c1-15-7-8-17(11-19(15)23)21-12-20(24-29-21)22(26)25(13-16-5-3-2-4-6-16)18-9-10-30(27,28)14-18/h2-8,11-12,18H,9-10,13-14H2,1H3/t18-/m1/s1. The van der Waals surface area contributed by atoms with Gasteiger partial charge >= 0.3 is 0 Å². The fourth-order valence-electron chi connectivity index (χ4n) is 3.57. The van der Waals surface area contributed by atoms with E-state index < -0.39 is 21.8 Å². The zero-order valence-electron chi connectivity index (χ0n) is 16.4. The van der Waals surface area contributed by atoms with Crippen LogP contribution < -0.4 is 0 Å². The summed E-state index contributed by atoms with van der Waals surface area (Å²) in [5, 5.41) is 3.88. The number of aryl methyl sites for hydroxylation is 1. The zero-order valence-corrected chi connectivity index (χ0v) is 17.2. The second-order valence-electron chi connectivity index (χ2n) is 7.52. The predicted octanol–water partition coefficient (Wildman–Crippen LogP) is 3.62. The molecule has 1 saturated heterocycles. The minimum atomic E-state index is -3.17. The highest BCUT2D eigenvalue weighted by Gasteiger charge is 2.36. The van der Waals surface area contributed by atoms with Gasteiger partial charge in [-0.1, -0.05) is 47.6 Å². The molecule has 6 nitrogen and oxygen atoms in total. The average Bonchev–Trinajstić information content (AvgIpc) is 3.35. The fourth-order valence-corrected chi connectivity index (χ4v) is 5.30. The van der Waals surface area contributed by atoms with Crippen molar-refractivity contribution in [1.82, 2.24) is 10.1 Å².